The van der Waals surface area contributed by atoms with E-state index in [4.69, 9.17) is 0 Å². The second kappa shape index (κ2) is 6.07. The fourth-order valence-electron chi connectivity index (χ4n) is 3.30. The van der Waals surface area contributed by atoms with Gasteiger partial charge in [-0.05, 0) is 29.8 Å². The number of allylic oxidation sites excluding steroid dienone is 4. The summed E-state index contributed by atoms with van der Waals surface area (Å²) < 4.78 is 0. The Morgan fingerprint density at radius 1 is 1.08 bits per heavy atom. The number of nitriles is 1. The third-order valence-corrected chi connectivity index (χ3v) is 7.16. The predicted molar refractivity (Wildman–Crippen MR) is 99.4 cm³/mol. The highest BCUT2D eigenvalue weighted by atomic mass is 32.2. The minimum absolute atomic E-state index is 0.115. The van der Waals surface area contributed by atoms with E-state index in [2.05, 4.69) is 36.4 Å². The van der Waals surface area contributed by atoms with Crippen LogP contribution >= 0.6 is 0 Å². The van der Waals surface area contributed by atoms with Crippen LogP contribution in [0.15, 0.2) is 77.7 Å². The van der Waals surface area contributed by atoms with Crippen LogP contribution in [0.5, 0.6) is 0 Å². The van der Waals surface area contributed by atoms with Gasteiger partial charge in [-0.3, -0.25) is 4.79 Å². The summed E-state index contributed by atoms with van der Waals surface area (Å²) in [5.41, 5.74) is 2.56. The van der Waals surface area contributed by atoms with Crippen molar-refractivity contribution in [1.29, 1.82) is 5.26 Å². The number of hydrogen-bond donors (Lipinski definition) is 0. The smallest absolute Gasteiger partial charge is 0.183 e. The van der Waals surface area contributed by atoms with Crippen LogP contribution < -0.4 is 0 Å². The van der Waals surface area contributed by atoms with Crippen molar-refractivity contribution >= 4 is 21.1 Å². The average molecular weight is 330 g/mol. The summed E-state index contributed by atoms with van der Waals surface area (Å²) in [4.78, 5) is 15.2. The second-order valence-electron chi connectivity index (χ2n) is 5.93. The van der Waals surface area contributed by atoms with Gasteiger partial charge in [0.25, 0.3) is 0 Å². The van der Waals surface area contributed by atoms with Crippen LogP contribution in [0.25, 0.3) is 0 Å². The Morgan fingerprint density at radius 2 is 1.92 bits per heavy atom. The lowest BCUT2D eigenvalue weighted by Crippen LogP contribution is -2.32. The maximum atomic E-state index is 12.9. The molecule has 3 heteroatoms. The van der Waals surface area contributed by atoms with E-state index in [1.807, 2.05) is 36.4 Å². The van der Waals surface area contributed by atoms with Crippen molar-refractivity contribution < 1.29 is 4.79 Å². The standard InChI is InChI=1S/C21H15NOS/c22-13-16-10-11-20-18(12-16)21(23)17-8-4-5-9-19(17)24(20)14-15-6-2-1-3-7-15/h1-12,17H,14H2/p+1. The van der Waals surface area contributed by atoms with E-state index in [0.717, 1.165) is 16.2 Å². The van der Waals surface area contributed by atoms with Gasteiger partial charge in [0.15, 0.2) is 5.78 Å². The summed E-state index contributed by atoms with van der Waals surface area (Å²) in [6.45, 7) is 0. The molecular weight excluding hydrogens is 314 g/mol. The molecule has 2 aromatic carbocycles. The Balaban J connectivity index is 1.91. The molecule has 2 atom stereocenters. The van der Waals surface area contributed by atoms with Gasteiger partial charge in [0.1, 0.15) is 21.4 Å². The fourth-order valence-corrected chi connectivity index (χ4v) is 6.03. The van der Waals surface area contributed by atoms with Crippen molar-refractivity contribution in [3.05, 3.63) is 89.5 Å². The van der Waals surface area contributed by atoms with E-state index in [-0.39, 0.29) is 11.7 Å². The number of benzene rings is 2. The number of hydrogen-bond acceptors (Lipinski definition) is 2. The molecule has 0 N–H and O–H groups in total. The number of rotatable bonds is 2. The largest absolute Gasteiger partial charge is 0.293 e. The fraction of sp³-hybridized carbons (Fsp3) is 0.0952. The first-order chi connectivity index (χ1) is 11.8. The third kappa shape index (κ3) is 2.46. The number of Topliss-reactive ketones (excluding diaryl/α,β-unsaturated/α-hetero) is 1. The Hall–Kier alpha value is -2.70. The van der Waals surface area contributed by atoms with Gasteiger partial charge in [0.2, 0.25) is 0 Å². The molecule has 2 unspecified atom stereocenters. The van der Waals surface area contributed by atoms with Gasteiger partial charge in [-0.15, -0.1) is 0 Å². The van der Waals surface area contributed by atoms with Crippen molar-refractivity contribution in [2.75, 3.05) is 0 Å². The van der Waals surface area contributed by atoms with Crippen molar-refractivity contribution in [2.24, 2.45) is 5.92 Å². The highest BCUT2D eigenvalue weighted by Crippen LogP contribution is 2.31. The lowest BCUT2D eigenvalue weighted by molar-refractivity contribution is 0.0969. The third-order valence-electron chi connectivity index (χ3n) is 4.46. The molecule has 0 radical (unpaired) electrons. The first-order valence-electron chi connectivity index (χ1n) is 7.89. The molecule has 0 fully saturated rings. The SMILES string of the molecule is N#Cc1ccc2c(c1)C(=O)C1C=CC=CC1=[SH+]2Cc1ccccc1. The second-order valence-corrected chi connectivity index (χ2v) is 8.10. The van der Waals surface area contributed by atoms with Gasteiger partial charge in [-0.1, -0.05) is 59.0 Å². The lowest BCUT2D eigenvalue weighted by atomic mass is 9.90. The maximum absolute atomic E-state index is 12.9. The molecule has 0 saturated heterocycles. The van der Waals surface area contributed by atoms with Crippen molar-refractivity contribution in [2.45, 2.75) is 10.6 Å². The van der Waals surface area contributed by atoms with Gasteiger partial charge in [-0.25, -0.2) is 0 Å². The summed E-state index contributed by atoms with van der Waals surface area (Å²) >= 11 is 0. The molecule has 4 rings (SSSR count). The Kier molecular flexibility index (Phi) is 3.76. The minimum Gasteiger partial charge on any atom is -0.293 e. The molecule has 0 spiro atoms. The van der Waals surface area contributed by atoms with E-state index < -0.39 is 10.5 Å². The van der Waals surface area contributed by atoms with E-state index >= 15 is 0 Å². The molecule has 1 heterocycles. The lowest BCUT2D eigenvalue weighted by Gasteiger charge is -2.23. The number of fused-ring (bicyclic) bond motifs is 2. The van der Waals surface area contributed by atoms with Crippen LogP contribution in [0.2, 0.25) is 0 Å². The van der Waals surface area contributed by atoms with E-state index in [1.54, 1.807) is 6.07 Å². The number of carbonyl (C=O) groups excluding carboxylic acids is 1. The predicted octanol–water partition coefficient (Wildman–Crippen LogP) is 3.58. The average Bonchev–Trinajstić information content (AvgIpc) is 2.65. The first-order valence-corrected chi connectivity index (χ1v) is 9.42. The van der Waals surface area contributed by atoms with E-state index in [1.165, 1.54) is 10.4 Å². The minimum atomic E-state index is -0.617. The zero-order valence-electron chi connectivity index (χ0n) is 13.0. The van der Waals surface area contributed by atoms with Crippen LogP contribution in [0.4, 0.5) is 0 Å². The molecule has 2 aromatic rings. The molecule has 116 valence electrons. The molecule has 0 bridgehead atoms. The number of ketones is 1. The molecule has 24 heavy (non-hydrogen) atoms. The summed E-state index contributed by atoms with van der Waals surface area (Å²) in [6, 6.07) is 18.1. The van der Waals surface area contributed by atoms with Crippen molar-refractivity contribution in [3.63, 3.8) is 0 Å². The van der Waals surface area contributed by atoms with Gasteiger partial charge < -0.3 is 0 Å². The zero-order valence-corrected chi connectivity index (χ0v) is 13.9. The van der Waals surface area contributed by atoms with Crippen LogP contribution in [0.1, 0.15) is 21.5 Å². The van der Waals surface area contributed by atoms with Gasteiger partial charge >= 0.3 is 0 Å². The summed E-state index contributed by atoms with van der Waals surface area (Å²) in [7, 11) is -0.617. The summed E-state index contributed by atoms with van der Waals surface area (Å²) in [6.07, 6.45) is 8.06. The first kappa shape index (κ1) is 14.9. The molecule has 2 aliphatic rings. The van der Waals surface area contributed by atoms with E-state index in [0.29, 0.717) is 5.56 Å². The van der Waals surface area contributed by atoms with E-state index in [9.17, 15) is 10.1 Å². The normalized spacial score (nSPS) is 21.1. The van der Waals surface area contributed by atoms with Gasteiger partial charge in [-0.2, -0.15) is 5.26 Å². The van der Waals surface area contributed by atoms with Crippen LogP contribution in [-0.2, 0) is 16.2 Å². The topological polar surface area (TPSA) is 40.9 Å². The van der Waals surface area contributed by atoms with Crippen LogP contribution in [0, 0.1) is 17.2 Å². The molecule has 1 aliphatic heterocycles. The number of carbonyl (C=O) groups is 1. The van der Waals surface area contributed by atoms with Gasteiger partial charge in [0, 0.05) is 0 Å². The molecule has 1 aliphatic carbocycles. The maximum Gasteiger partial charge on any atom is 0.183 e. The summed E-state index contributed by atoms with van der Waals surface area (Å²) in [5, 5.41) is 9.17. The summed E-state index contributed by atoms with van der Waals surface area (Å²) in [5.74, 6) is 0.864. The molecule has 2 nitrogen and oxygen atoms in total. The van der Waals surface area contributed by atoms with Crippen molar-refractivity contribution in [1.82, 2.24) is 0 Å². The molecule has 0 saturated carbocycles. The highest BCUT2D eigenvalue weighted by Gasteiger charge is 2.36. The molecule has 0 aromatic heterocycles. The zero-order chi connectivity index (χ0) is 16.5. The highest BCUT2D eigenvalue weighted by molar-refractivity contribution is 7.96. The van der Waals surface area contributed by atoms with Crippen LogP contribution in [-0.4, -0.2) is 10.6 Å². The Bertz CT molecular complexity index is 961. The number of nitrogens with zero attached hydrogens (tertiary/aromatic N) is 1. The van der Waals surface area contributed by atoms with Crippen LogP contribution in [0.3, 0.4) is 0 Å². The van der Waals surface area contributed by atoms with Crippen molar-refractivity contribution in [3.8, 4) is 6.07 Å². The Morgan fingerprint density at radius 3 is 2.71 bits per heavy atom. The van der Waals surface area contributed by atoms with Gasteiger partial charge in [0.05, 0.1) is 17.2 Å². The number of thiol groups is 1. The molecular formula is C21H16NOS+. The quantitative estimate of drug-likeness (QED) is 0.480. The Labute approximate surface area is 143 Å². The monoisotopic (exact) mass is 330 g/mol. The molecule has 0 amide bonds.